The molecular weight excluding hydrogens is 496 g/mol. The van der Waals surface area contributed by atoms with E-state index >= 15 is 0 Å². The number of benzene rings is 6. The summed E-state index contributed by atoms with van der Waals surface area (Å²) in [7, 11) is 3.17. The fourth-order valence-corrected chi connectivity index (χ4v) is 4.42. The second-order valence-electron chi connectivity index (χ2n) is 8.84. The maximum absolute atomic E-state index is 10.6. The molecule has 0 fully saturated rings. The van der Waals surface area contributed by atoms with Gasteiger partial charge in [-0.1, -0.05) is 133 Å². The number of rotatable bonds is 6. The van der Waals surface area contributed by atoms with Crippen molar-refractivity contribution in [1.82, 2.24) is 5.48 Å². The van der Waals surface area contributed by atoms with Crippen LogP contribution in [0, 0.1) is 0 Å². The van der Waals surface area contributed by atoms with E-state index < -0.39 is 0 Å². The average Bonchev–Trinajstić information content (AvgIpc) is 3.03. The molecule has 200 valence electrons. The van der Waals surface area contributed by atoms with Crippen molar-refractivity contribution >= 4 is 44.8 Å². The van der Waals surface area contributed by atoms with Crippen molar-refractivity contribution in [3.8, 4) is 0 Å². The summed E-state index contributed by atoms with van der Waals surface area (Å²) >= 11 is 0. The third kappa shape index (κ3) is 7.38. The summed E-state index contributed by atoms with van der Waals surface area (Å²) in [4.78, 5) is 20.1. The summed E-state index contributed by atoms with van der Waals surface area (Å²) in [6, 6.07) is 42.6. The molecular formula is C35H32N2O3. The van der Waals surface area contributed by atoms with Gasteiger partial charge in [-0.15, -0.1) is 0 Å². The van der Waals surface area contributed by atoms with Crippen molar-refractivity contribution < 1.29 is 14.5 Å². The molecule has 0 aliphatic carbocycles. The van der Waals surface area contributed by atoms with Gasteiger partial charge in [0.15, 0.2) is 6.29 Å². The Balaban J connectivity index is 0.000000139. The topological polar surface area (TPSA) is 59.9 Å². The lowest BCUT2D eigenvalue weighted by molar-refractivity contribution is 0.0870. The molecule has 0 unspecified atom stereocenters. The molecule has 0 spiro atoms. The van der Waals surface area contributed by atoms with Gasteiger partial charge in [-0.25, -0.2) is 0 Å². The van der Waals surface area contributed by atoms with Gasteiger partial charge in [0.05, 0.1) is 13.3 Å². The number of oxime groups is 1. The molecule has 1 N–H and O–H groups in total. The fraction of sp³-hybridized carbons (Fsp3) is 0.0857. The SMILES string of the molecule is CON=Cc1cccc2ccccc12.CONCc1cccc2ccccc12.O=Cc1cccc2ccccc12. The normalized spacial score (nSPS) is 10.6. The Labute approximate surface area is 234 Å². The maximum Gasteiger partial charge on any atom is 0.150 e. The lowest BCUT2D eigenvalue weighted by Crippen LogP contribution is -2.10. The Morgan fingerprint density at radius 1 is 0.600 bits per heavy atom. The summed E-state index contributed by atoms with van der Waals surface area (Å²) < 4.78 is 0. The van der Waals surface area contributed by atoms with Crippen LogP contribution in [-0.4, -0.2) is 26.7 Å². The van der Waals surface area contributed by atoms with E-state index in [4.69, 9.17) is 4.84 Å². The lowest BCUT2D eigenvalue weighted by atomic mass is 10.1. The summed E-state index contributed by atoms with van der Waals surface area (Å²) in [6.07, 6.45) is 2.62. The van der Waals surface area contributed by atoms with E-state index in [0.717, 1.165) is 34.7 Å². The number of hydrogen-bond acceptors (Lipinski definition) is 5. The molecule has 40 heavy (non-hydrogen) atoms. The number of nitrogens with zero attached hydrogens (tertiary/aromatic N) is 1. The van der Waals surface area contributed by atoms with E-state index in [1.165, 1.54) is 27.1 Å². The Kier molecular flexibility index (Phi) is 10.5. The lowest BCUT2D eigenvalue weighted by Gasteiger charge is -2.06. The second kappa shape index (κ2) is 14.9. The number of nitrogens with one attached hydrogen (secondary N) is 1. The predicted molar refractivity (Wildman–Crippen MR) is 166 cm³/mol. The molecule has 0 bridgehead atoms. The van der Waals surface area contributed by atoms with Crippen molar-refractivity contribution in [3.63, 3.8) is 0 Å². The summed E-state index contributed by atoms with van der Waals surface area (Å²) in [6.45, 7) is 0.734. The summed E-state index contributed by atoms with van der Waals surface area (Å²) in [5.74, 6) is 0. The van der Waals surface area contributed by atoms with Crippen LogP contribution in [0.1, 0.15) is 21.5 Å². The van der Waals surface area contributed by atoms with Crippen LogP contribution in [-0.2, 0) is 16.2 Å². The Morgan fingerprint density at radius 2 is 1.07 bits per heavy atom. The zero-order chi connectivity index (χ0) is 28.0. The minimum Gasteiger partial charge on any atom is -0.399 e. The highest BCUT2D eigenvalue weighted by Crippen LogP contribution is 2.19. The van der Waals surface area contributed by atoms with E-state index in [1.54, 1.807) is 20.4 Å². The van der Waals surface area contributed by atoms with Crippen molar-refractivity contribution in [2.75, 3.05) is 14.2 Å². The predicted octanol–water partition coefficient (Wildman–Crippen LogP) is 7.96. The van der Waals surface area contributed by atoms with Gasteiger partial charge in [0.1, 0.15) is 7.11 Å². The number of hydroxylamine groups is 1. The fourth-order valence-electron chi connectivity index (χ4n) is 4.42. The van der Waals surface area contributed by atoms with E-state index in [9.17, 15) is 4.79 Å². The molecule has 0 heterocycles. The molecule has 0 radical (unpaired) electrons. The zero-order valence-corrected chi connectivity index (χ0v) is 22.7. The Hall–Kier alpha value is -4.84. The first-order valence-electron chi connectivity index (χ1n) is 12.9. The van der Waals surface area contributed by atoms with Crippen LogP contribution in [0.5, 0.6) is 0 Å². The van der Waals surface area contributed by atoms with Gasteiger partial charge in [-0.3, -0.25) is 4.79 Å². The highest BCUT2D eigenvalue weighted by atomic mass is 16.6. The van der Waals surface area contributed by atoms with Crippen LogP contribution in [0.4, 0.5) is 0 Å². The van der Waals surface area contributed by atoms with Crippen LogP contribution in [0.25, 0.3) is 32.3 Å². The third-order valence-corrected chi connectivity index (χ3v) is 6.36. The molecule has 6 rings (SSSR count). The van der Waals surface area contributed by atoms with Gasteiger partial charge in [0, 0.05) is 17.7 Å². The standard InChI is InChI=1S/C12H13NO.C12H11NO.C11H8O/c2*1-14-13-9-11-7-4-6-10-5-2-3-8-12(10)11;12-8-10-6-3-5-9-4-1-2-7-11(9)10/h2-8,13H,9H2,1H3;2-9H,1H3;1-8H. The van der Waals surface area contributed by atoms with Gasteiger partial charge in [-0.05, 0) is 37.9 Å². The highest BCUT2D eigenvalue weighted by molar-refractivity contribution is 5.99. The molecule has 0 saturated heterocycles. The molecule has 0 saturated carbocycles. The number of carbonyl (C=O) groups excluding carboxylic acids is 1. The Bertz CT molecular complexity index is 1700. The highest BCUT2D eigenvalue weighted by Gasteiger charge is 1.99. The van der Waals surface area contributed by atoms with Gasteiger partial charge in [0.25, 0.3) is 0 Å². The minimum absolute atomic E-state index is 0.734. The molecule has 6 aromatic rings. The third-order valence-electron chi connectivity index (χ3n) is 6.36. The van der Waals surface area contributed by atoms with Crippen LogP contribution in [0.3, 0.4) is 0 Å². The van der Waals surface area contributed by atoms with Gasteiger partial charge >= 0.3 is 0 Å². The van der Waals surface area contributed by atoms with Crippen LogP contribution < -0.4 is 5.48 Å². The Morgan fingerprint density at radius 3 is 1.65 bits per heavy atom. The first-order chi connectivity index (χ1) is 19.7. The zero-order valence-electron chi connectivity index (χ0n) is 22.7. The molecule has 5 nitrogen and oxygen atoms in total. The van der Waals surface area contributed by atoms with Gasteiger partial charge < -0.3 is 9.68 Å². The molecule has 0 amide bonds. The van der Waals surface area contributed by atoms with Crippen LogP contribution in [0.2, 0.25) is 0 Å². The van der Waals surface area contributed by atoms with Crippen molar-refractivity contribution in [2.24, 2.45) is 5.16 Å². The maximum atomic E-state index is 10.6. The van der Waals surface area contributed by atoms with Crippen molar-refractivity contribution in [3.05, 3.63) is 144 Å². The second-order valence-corrected chi connectivity index (χ2v) is 8.84. The van der Waals surface area contributed by atoms with Crippen molar-refractivity contribution in [1.29, 1.82) is 0 Å². The number of carbonyl (C=O) groups is 1. The van der Waals surface area contributed by atoms with Gasteiger partial charge in [0.2, 0.25) is 0 Å². The van der Waals surface area contributed by atoms with Crippen LogP contribution >= 0.6 is 0 Å². The first-order valence-corrected chi connectivity index (χ1v) is 12.9. The number of aldehydes is 1. The molecule has 5 heteroatoms. The molecule has 6 aromatic carbocycles. The summed E-state index contributed by atoms with van der Waals surface area (Å²) in [5, 5.41) is 10.9. The van der Waals surface area contributed by atoms with Gasteiger partial charge in [-0.2, -0.15) is 5.48 Å². The monoisotopic (exact) mass is 528 g/mol. The van der Waals surface area contributed by atoms with Crippen LogP contribution in [0.15, 0.2) is 133 Å². The minimum atomic E-state index is 0.734. The molecule has 0 atom stereocenters. The summed E-state index contributed by atoms with van der Waals surface area (Å²) in [5.41, 5.74) is 5.94. The number of hydrogen-bond donors (Lipinski definition) is 1. The van der Waals surface area contributed by atoms with E-state index in [2.05, 4.69) is 76.1 Å². The quantitative estimate of drug-likeness (QED) is 0.135. The van der Waals surface area contributed by atoms with E-state index in [0.29, 0.717) is 0 Å². The smallest absolute Gasteiger partial charge is 0.150 e. The largest absolute Gasteiger partial charge is 0.399 e. The molecule has 0 aromatic heterocycles. The van der Waals surface area contributed by atoms with E-state index in [1.807, 2.05) is 66.7 Å². The van der Waals surface area contributed by atoms with Crippen molar-refractivity contribution in [2.45, 2.75) is 6.54 Å². The van der Waals surface area contributed by atoms with E-state index in [-0.39, 0.29) is 0 Å². The molecule has 0 aliphatic rings. The number of fused-ring (bicyclic) bond motifs is 3. The first kappa shape index (κ1) is 28.2. The average molecular weight is 529 g/mol. The molecule has 0 aliphatic heterocycles.